The molecule has 0 radical (unpaired) electrons. The minimum atomic E-state index is -1.03. The van der Waals surface area contributed by atoms with Crippen LogP contribution in [-0.4, -0.2) is 45.3 Å². The monoisotopic (exact) mass is 253 g/mol. The standard InChI is InChI=1S/C12H19N3O3/c1-4-5-6-15-7-10(9(2)13-15)12(18)14(3)8-11(16)17/h7H,4-6,8H2,1-3H3,(H,16,17). The van der Waals surface area contributed by atoms with Gasteiger partial charge in [-0.1, -0.05) is 13.3 Å². The number of amides is 1. The van der Waals surface area contributed by atoms with Crippen LogP contribution in [0.5, 0.6) is 0 Å². The molecule has 0 aliphatic heterocycles. The number of rotatable bonds is 6. The fraction of sp³-hybridized carbons (Fsp3) is 0.583. The van der Waals surface area contributed by atoms with Crippen molar-refractivity contribution in [3.05, 3.63) is 17.5 Å². The highest BCUT2D eigenvalue weighted by Crippen LogP contribution is 2.09. The van der Waals surface area contributed by atoms with Crippen molar-refractivity contribution in [1.82, 2.24) is 14.7 Å². The van der Waals surface area contributed by atoms with Gasteiger partial charge in [-0.05, 0) is 13.3 Å². The van der Waals surface area contributed by atoms with E-state index in [1.807, 2.05) is 0 Å². The fourth-order valence-electron chi connectivity index (χ4n) is 1.64. The van der Waals surface area contributed by atoms with Crippen LogP contribution in [0.2, 0.25) is 0 Å². The van der Waals surface area contributed by atoms with E-state index in [9.17, 15) is 9.59 Å². The summed E-state index contributed by atoms with van der Waals surface area (Å²) in [4.78, 5) is 23.7. The summed E-state index contributed by atoms with van der Waals surface area (Å²) in [6, 6.07) is 0. The molecular weight excluding hydrogens is 234 g/mol. The third-order valence-electron chi connectivity index (χ3n) is 2.64. The van der Waals surface area contributed by atoms with Crippen LogP contribution in [0.3, 0.4) is 0 Å². The van der Waals surface area contributed by atoms with Gasteiger partial charge in [0.15, 0.2) is 0 Å². The van der Waals surface area contributed by atoms with Gasteiger partial charge in [-0.15, -0.1) is 0 Å². The molecule has 18 heavy (non-hydrogen) atoms. The number of aryl methyl sites for hydroxylation is 2. The number of unbranched alkanes of at least 4 members (excludes halogenated alkanes) is 1. The van der Waals surface area contributed by atoms with E-state index in [4.69, 9.17) is 5.11 Å². The maximum Gasteiger partial charge on any atom is 0.323 e. The van der Waals surface area contributed by atoms with Crippen molar-refractivity contribution in [2.24, 2.45) is 0 Å². The van der Waals surface area contributed by atoms with Crippen molar-refractivity contribution < 1.29 is 14.7 Å². The molecular formula is C12H19N3O3. The molecule has 0 aliphatic rings. The van der Waals surface area contributed by atoms with E-state index in [2.05, 4.69) is 12.0 Å². The lowest BCUT2D eigenvalue weighted by molar-refractivity contribution is -0.137. The minimum absolute atomic E-state index is 0.307. The van der Waals surface area contributed by atoms with E-state index in [-0.39, 0.29) is 12.5 Å². The summed E-state index contributed by atoms with van der Waals surface area (Å²) >= 11 is 0. The van der Waals surface area contributed by atoms with Crippen LogP contribution in [0.15, 0.2) is 6.20 Å². The van der Waals surface area contributed by atoms with Crippen LogP contribution in [0.25, 0.3) is 0 Å². The zero-order valence-corrected chi connectivity index (χ0v) is 11.0. The molecule has 0 bridgehead atoms. The van der Waals surface area contributed by atoms with E-state index < -0.39 is 5.97 Å². The van der Waals surface area contributed by atoms with Gasteiger partial charge in [0.1, 0.15) is 6.54 Å². The van der Waals surface area contributed by atoms with E-state index in [1.54, 1.807) is 17.8 Å². The maximum absolute atomic E-state index is 12.0. The minimum Gasteiger partial charge on any atom is -0.480 e. The Bertz CT molecular complexity index is 440. The average molecular weight is 253 g/mol. The number of aromatic nitrogens is 2. The molecule has 0 atom stereocenters. The highest BCUT2D eigenvalue weighted by atomic mass is 16.4. The first kappa shape index (κ1) is 14.2. The Labute approximate surface area is 106 Å². The fourth-order valence-corrected chi connectivity index (χ4v) is 1.64. The Hall–Kier alpha value is -1.85. The highest BCUT2D eigenvalue weighted by molar-refractivity contribution is 5.96. The lowest BCUT2D eigenvalue weighted by Crippen LogP contribution is -2.32. The lowest BCUT2D eigenvalue weighted by Gasteiger charge is -2.13. The third-order valence-corrected chi connectivity index (χ3v) is 2.64. The Balaban J connectivity index is 2.79. The number of aliphatic carboxylic acids is 1. The van der Waals surface area contributed by atoms with Crippen LogP contribution in [0, 0.1) is 6.92 Å². The predicted molar refractivity (Wildman–Crippen MR) is 66.5 cm³/mol. The summed E-state index contributed by atoms with van der Waals surface area (Å²) in [5.41, 5.74) is 1.10. The largest absolute Gasteiger partial charge is 0.480 e. The number of carbonyl (C=O) groups is 2. The van der Waals surface area contributed by atoms with Crippen molar-refractivity contribution in [2.45, 2.75) is 33.2 Å². The molecule has 0 saturated heterocycles. The highest BCUT2D eigenvalue weighted by Gasteiger charge is 2.18. The molecule has 1 N–H and O–H groups in total. The van der Waals surface area contributed by atoms with Gasteiger partial charge >= 0.3 is 5.97 Å². The van der Waals surface area contributed by atoms with Crippen molar-refractivity contribution in [3.63, 3.8) is 0 Å². The molecule has 6 heteroatoms. The number of likely N-dealkylation sites (N-methyl/N-ethyl adjacent to an activating group) is 1. The van der Waals surface area contributed by atoms with Gasteiger partial charge < -0.3 is 10.0 Å². The molecule has 0 fully saturated rings. The van der Waals surface area contributed by atoms with Crippen LogP contribution in [-0.2, 0) is 11.3 Å². The maximum atomic E-state index is 12.0. The number of hydrogen-bond acceptors (Lipinski definition) is 3. The molecule has 6 nitrogen and oxygen atoms in total. The third kappa shape index (κ3) is 3.58. The van der Waals surface area contributed by atoms with E-state index >= 15 is 0 Å². The topological polar surface area (TPSA) is 75.4 Å². The quantitative estimate of drug-likeness (QED) is 0.825. The van der Waals surface area contributed by atoms with Crippen molar-refractivity contribution in [2.75, 3.05) is 13.6 Å². The Morgan fingerprint density at radius 1 is 1.50 bits per heavy atom. The first-order valence-corrected chi connectivity index (χ1v) is 5.97. The van der Waals surface area contributed by atoms with Gasteiger partial charge in [0.25, 0.3) is 5.91 Å². The van der Waals surface area contributed by atoms with Crippen molar-refractivity contribution in [1.29, 1.82) is 0 Å². The lowest BCUT2D eigenvalue weighted by atomic mass is 10.2. The molecule has 100 valence electrons. The summed E-state index contributed by atoms with van der Waals surface area (Å²) in [6.07, 6.45) is 3.74. The number of carboxylic acid groups (broad SMARTS) is 1. The summed E-state index contributed by atoms with van der Waals surface area (Å²) in [7, 11) is 1.47. The molecule has 1 amide bonds. The van der Waals surface area contributed by atoms with Gasteiger partial charge in [-0.25, -0.2) is 0 Å². The van der Waals surface area contributed by atoms with Gasteiger partial charge in [-0.2, -0.15) is 5.10 Å². The number of carbonyl (C=O) groups excluding carboxylic acids is 1. The second-order valence-electron chi connectivity index (χ2n) is 4.30. The number of carboxylic acids is 1. The summed E-state index contributed by atoms with van der Waals surface area (Å²) in [5.74, 6) is -1.33. The first-order chi connectivity index (χ1) is 8.45. The summed E-state index contributed by atoms with van der Waals surface area (Å²) in [5, 5.41) is 12.9. The van der Waals surface area contributed by atoms with Crippen molar-refractivity contribution in [3.8, 4) is 0 Å². The molecule has 0 aromatic carbocycles. The molecule has 1 aromatic rings. The molecule has 1 heterocycles. The van der Waals surface area contributed by atoms with Gasteiger partial charge in [-0.3, -0.25) is 14.3 Å². The first-order valence-electron chi connectivity index (χ1n) is 5.97. The predicted octanol–water partition coefficient (Wildman–Crippen LogP) is 1.15. The zero-order valence-electron chi connectivity index (χ0n) is 11.0. The molecule has 0 saturated carbocycles. The summed E-state index contributed by atoms with van der Waals surface area (Å²) in [6.45, 7) is 4.30. The van der Waals surface area contributed by atoms with Crippen LogP contribution >= 0.6 is 0 Å². The zero-order chi connectivity index (χ0) is 13.7. The Kier molecular flexibility index (Phi) is 4.88. The molecule has 0 aliphatic carbocycles. The molecule has 0 spiro atoms. The van der Waals surface area contributed by atoms with Crippen LogP contribution < -0.4 is 0 Å². The van der Waals surface area contributed by atoms with Gasteiger partial charge in [0.2, 0.25) is 0 Å². The van der Waals surface area contributed by atoms with E-state index in [0.29, 0.717) is 11.3 Å². The van der Waals surface area contributed by atoms with Crippen LogP contribution in [0.1, 0.15) is 35.8 Å². The Morgan fingerprint density at radius 2 is 2.17 bits per heavy atom. The van der Waals surface area contributed by atoms with Gasteiger partial charge in [0.05, 0.1) is 11.3 Å². The second kappa shape index (κ2) is 6.18. The molecule has 1 aromatic heterocycles. The van der Waals surface area contributed by atoms with E-state index in [1.165, 1.54) is 11.9 Å². The van der Waals surface area contributed by atoms with Crippen LogP contribution in [0.4, 0.5) is 0 Å². The van der Waals surface area contributed by atoms with Gasteiger partial charge in [0, 0.05) is 19.8 Å². The molecule has 1 rings (SSSR count). The second-order valence-corrected chi connectivity index (χ2v) is 4.30. The van der Waals surface area contributed by atoms with E-state index in [0.717, 1.165) is 19.4 Å². The normalized spacial score (nSPS) is 10.4. The summed E-state index contributed by atoms with van der Waals surface area (Å²) < 4.78 is 1.74. The van der Waals surface area contributed by atoms with Crippen molar-refractivity contribution >= 4 is 11.9 Å². The average Bonchev–Trinajstić information content (AvgIpc) is 2.66. The Morgan fingerprint density at radius 3 is 2.72 bits per heavy atom. The number of nitrogens with zero attached hydrogens (tertiary/aromatic N) is 3. The SMILES string of the molecule is CCCCn1cc(C(=O)N(C)CC(=O)O)c(C)n1. The number of hydrogen-bond donors (Lipinski definition) is 1. The smallest absolute Gasteiger partial charge is 0.323 e. The molecule has 0 unspecified atom stereocenters.